The molecule has 4 rings (SSSR count). The van der Waals surface area contributed by atoms with Crippen molar-refractivity contribution < 1.29 is 9.32 Å². The van der Waals surface area contributed by atoms with E-state index in [1.165, 1.54) is 11.1 Å². The van der Waals surface area contributed by atoms with Gasteiger partial charge in [-0.25, -0.2) is 0 Å². The van der Waals surface area contributed by atoms with Crippen LogP contribution in [0.2, 0.25) is 0 Å². The maximum atomic E-state index is 12.3. The summed E-state index contributed by atoms with van der Waals surface area (Å²) in [6, 6.07) is 14.4. The lowest BCUT2D eigenvalue weighted by molar-refractivity contribution is -0.116. The molecular weight excluding hydrogens is 468 g/mol. The summed E-state index contributed by atoms with van der Waals surface area (Å²) < 4.78 is 6.38. The van der Waals surface area contributed by atoms with Gasteiger partial charge in [0.2, 0.25) is 11.8 Å². The van der Waals surface area contributed by atoms with Crippen LogP contribution in [0, 0.1) is 13.8 Å². The van der Waals surface area contributed by atoms with Gasteiger partial charge in [0.25, 0.3) is 0 Å². The van der Waals surface area contributed by atoms with Crippen LogP contribution in [-0.4, -0.2) is 34.0 Å². The van der Waals surface area contributed by atoms with Gasteiger partial charge in [-0.3, -0.25) is 9.69 Å². The van der Waals surface area contributed by atoms with Crippen LogP contribution < -0.4 is 5.32 Å². The Morgan fingerprint density at radius 1 is 1.22 bits per heavy atom. The van der Waals surface area contributed by atoms with Crippen LogP contribution >= 0.6 is 15.9 Å². The Bertz CT molecular complexity index is 1140. The second-order valence-electron chi connectivity index (χ2n) is 8.22. The monoisotopic (exact) mass is 494 g/mol. The lowest BCUT2D eigenvalue weighted by Crippen LogP contribution is -2.28. The van der Waals surface area contributed by atoms with Crippen LogP contribution in [0.25, 0.3) is 5.57 Å². The normalized spacial score (nSPS) is 14.3. The summed E-state index contributed by atoms with van der Waals surface area (Å²) in [5, 5.41) is 7.08. The number of rotatable bonds is 7. The van der Waals surface area contributed by atoms with Gasteiger partial charge in [0, 0.05) is 42.6 Å². The molecule has 1 aromatic heterocycles. The van der Waals surface area contributed by atoms with E-state index in [2.05, 4.69) is 73.6 Å². The third-order valence-electron chi connectivity index (χ3n) is 5.57. The molecule has 1 aliphatic rings. The Morgan fingerprint density at radius 3 is 2.84 bits per heavy atom. The van der Waals surface area contributed by atoms with Gasteiger partial charge in [0.05, 0.1) is 0 Å². The van der Waals surface area contributed by atoms with Crippen molar-refractivity contribution in [1.29, 1.82) is 0 Å². The molecule has 7 heteroatoms. The number of halogens is 1. The smallest absolute Gasteiger partial charge is 0.227 e. The van der Waals surface area contributed by atoms with Crippen molar-refractivity contribution in [3.8, 4) is 0 Å². The van der Waals surface area contributed by atoms with Crippen molar-refractivity contribution in [2.24, 2.45) is 0 Å². The Labute approximate surface area is 196 Å². The molecule has 3 aromatic rings. The van der Waals surface area contributed by atoms with Gasteiger partial charge >= 0.3 is 0 Å². The molecule has 32 heavy (non-hydrogen) atoms. The molecule has 0 spiro atoms. The van der Waals surface area contributed by atoms with Crippen molar-refractivity contribution in [2.45, 2.75) is 39.7 Å². The fourth-order valence-corrected chi connectivity index (χ4v) is 4.29. The quantitative estimate of drug-likeness (QED) is 0.481. The highest BCUT2D eigenvalue weighted by Crippen LogP contribution is 2.22. The molecule has 1 N–H and O–H groups in total. The van der Waals surface area contributed by atoms with Crippen molar-refractivity contribution in [1.82, 2.24) is 15.0 Å². The van der Waals surface area contributed by atoms with E-state index in [9.17, 15) is 4.79 Å². The Balaban J connectivity index is 1.28. The summed E-state index contributed by atoms with van der Waals surface area (Å²) in [5.41, 5.74) is 5.55. The van der Waals surface area contributed by atoms with Crippen molar-refractivity contribution in [3.63, 3.8) is 0 Å². The van der Waals surface area contributed by atoms with Gasteiger partial charge in [0.15, 0.2) is 5.82 Å². The predicted octanol–water partition coefficient (Wildman–Crippen LogP) is 5.31. The SMILES string of the molecule is Cc1cccc(CN2CC=C(c3noc(CCC(=O)Nc4ccc(Br)cc4C)n3)CC2)c1. The summed E-state index contributed by atoms with van der Waals surface area (Å²) in [4.78, 5) is 19.2. The van der Waals surface area contributed by atoms with Crippen molar-refractivity contribution in [3.05, 3.63) is 81.4 Å². The molecule has 6 nitrogen and oxygen atoms in total. The first-order chi connectivity index (χ1) is 15.5. The van der Waals surface area contributed by atoms with Gasteiger partial charge in [-0.15, -0.1) is 0 Å². The minimum atomic E-state index is -0.0705. The van der Waals surface area contributed by atoms with E-state index in [1.54, 1.807) is 0 Å². The molecule has 0 saturated heterocycles. The first-order valence-electron chi connectivity index (χ1n) is 10.8. The number of nitrogens with zero attached hydrogens (tertiary/aromatic N) is 3. The fourth-order valence-electron chi connectivity index (χ4n) is 3.81. The summed E-state index contributed by atoms with van der Waals surface area (Å²) in [5.74, 6) is 1.06. The highest BCUT2D eigenvalue weighted by Gasteiger charge is 2.18. The molecule has 0 unspecified atom stereocenters. The van der Waals surface area contributed by atoms with Gasteiger partial charge in [-0.2, -0.15) is 4.98 Å². The van der Waals surface area contributed by atoms with E-state index < -0.39 is 0 Å². The number of amides is 1. The first kappa shape index (κ1) is 22.4. The minimum absolute atomic E-state index is 0.0705. The van der Waals surface area contributed by atoms with Gasteiger partial charge in [0.1, 0.15) is 0 Å². The summed E-state index contributed by atoms with van der Waals surface area (Å²) in [7, 11) is 0. The molecule has 1 aliphatic heterocycles. The average Bonchev–Trinajstić information content (AvgIpc) is 3.24. The number of carbonyl (C=O) groups is 1. The lowest BCUT2D eigenvalue weighted by Gasteiger charge is -2.25. The van der Waals surface area contributed by atoms with Crippen LogP contribution in [0.15, 0.2) is 57.5 Å². The van der Waals surface area contributed by atoms with E-state index >= 15 is 0 Å². The second kappa shape index (κ2) is 10.2. The van der Waals surface area contributed by atoms with E-state index in [0.717, 1.165) is 47.4 Å². The Kier molecular flexibility index (Phi) is 7.17. The summed E-state index contributed by atoms with van der Waals surface area (Å²) >= 11 is 3.43. The number of aromatic nitrogens is 2. The van der Waals surface area contributed by atoms with Crippen LogP contribution in [0.4, 0.5) is 5.69 Å². The fraction of sp³-hybridized carbons (Fsp3) is 0.320. The second-order valence-corrected chi connectivity index (χ2v) is 9.14. The Morgan fingerprint density at radius 2 is 2.09 bits per heavy atom. The minimum Gasteiger partial charge on any atom is -0.339 e. The van der Waals surface area contributed by atoms with Crippen LogP contribution in [0.3, 0.4) is 0 Å². The van der Waals surface area contributed by atoms with E-state index in [4.69, 9.17) is 4.52 Å². The lowest BCUT2D eigenvalue weighted by atomic mass is 10.1. The zero-order chi connectivity index (χ0) is 22.5. The third-order valence-corrected chi connectivity index (χ3v) is 6.06. The maximum absolute atomic E-state index is 12.3. The largest absolute Gasteiger partial charge is 0.339 e. The van der Waals surface area contributed by atoms with Crippen LogP contribution in [0.1, 0.15) is 41.2 Å². The van der Waals surface area contributed by atoms with Gasteiger partial charge < -0.3 is 9.84 Å². The van der Waals surface area contributed by atoms with Crippen LogP contribution in [-0.2, 0) is 17.8 Å². The number of benzene rings is 2. The third kappa shape index (κ3) is 5.93. The highest BCUT2D eigenvalue weighted by molar-refractivity contribution is 9.10. The number of hydrogen-bond donors (Lipinski definition) is 1. The molecule has 1 amide bonds. The number of hydrogen-bond acceptors (Lipinski definition) is 5. The van der Waals surface area contributed by atoms with E-state index in [1.807, 2.05) is 25.1 Å². The molecule has 0 saturated carbocycles. The molecule has 2 heterocycles. The molecule has 0 aliphatic carbocycles. The highest BCUT2D eigenvalue weighted by atomic mass is 79.9. The molecule has 0 fully saturated rings. The van der Waals surface area contributed by atoms with Gasteiger partial charge in [-0.1, -0.05) is 57.0 Å². The standard InChI is InChI=1S/C25H27BrN4O2/c1-17-4-3-5-19(14-17)16-30-12-10-20(11-13-30)25-28-24(32-29-25)9-8-23(31)27-22-7-6-21(26)15-18(22)2/h3-7,10,14-15H,8-9,11-13,16H2,1-2H3,(H,27,31). The topological polar surface area (TPSA) is 71.3 Å². The van der Waals surface area contributed by atoms with Crippen molar-refractivity contribution >= 4 is 33.1 Å². The number of aryl methyl sites for hydroxylation is 3. The number of carbonyl (C=O) groups excluding carboxylic acids is 1. The van der Waals surface area contributed by atoms with E-state index in [0.29, 0.717) is 24.6 Å². The average molecular weight is 495 g/mol. The maximum Gasteiger partial charge on any atom is 0.227 e. The zero-order valence-corrected chi connectivity index (χ0v) is 20.0. The molecule has 166 valence electrons. The molecule has 0 bridgehead atoms. The number of anilines is 1. The molecule has 2 aromatic carbocycles. The van der Waals surface area contributed by atoms with Crippen LogP contribution in [0.5, 0.6) is 0 Å². The number of nitrogens with one attached hydrogen (secondary N) is 1. The van der Waals surface area contributed by atoms with Crippen molar-refractivity contribution in [2.75, 3.05) is 18.4 Å². The summed E-state index contributed by atoms with van der Waals surface area (Å²) in [6.07, 6.45) is 3.77. The van der Waals surface area contributed by atoms with E-state index in [-0.39, 0.29) is 5.91 Å². The molecule has 0 radical (unpaired) electrons. The summed E-state index contributed by atoms with van der Waals surface area (Å²) in [6.45, 7) is 6.85. The molecule has 0 atom stereocenters. The Hall–Kier alpha value is -2.77. The first-order valence-corrected chi connectivity index (χ1v) is 11.6. The molecular formula is C25H27BrN4O2. The predicted molar refractivity (Wildman–Crippen MR) is 129 cm³/mol. The van der Waals surface area contributed by atoms with Gasteiger partial charge in [-0.05, 0) is 55.2 Å². The zero-order valence-electron chi connectivity index (χ0n) is 18.4.